The molecule has 6 nitrogen and oxygen atoms in total. The van der Waals surface area contributed by atoms with E-state index in [1.165, 1.54) is 0 Å². The number of likely N-dealkylation sites (tertiary alicyclic amines) is 1. The second-order valence-corrected chi connectivity index (χ2v) is 6.32. The van der Waals surface area contributed by atoms with E-state index in [0.29, 0.717) is 17.7 Å². The van der Waals surface area contributed by atoms with Crippen molar-refractivity contribution in [3.8, 4) is 23.0 Å². The largest absolute Gasteiger partial charge is 0.497 e. The first kappa shape index (κ1) is 17.8. The summed E-state index contributed by atoms with van der Waals surface area (Å²) in [7, 11) is 5.06. The number of rotatable bonds is 6. The molecule has 3 rings (SSSR count). The highest BCUT2D eigenvalue weighted by Gasteiger charge is 2.22. The SMILES string of the molecule is COc1ccc(OC)c(-c2nc(CN3CCCC(OC)C3)c(C)o2)c1. The Morgan fingerprint density at radius 1 is 1.24 bits per heavy atom. The Morgan fingerprint density at radius 2 is 2.08 bits per heavy atom. The molecule has 1 aliphatic rings. The molecule has 2 aromatic rings. The average molecular weight is 346 g/mol. The van der Waals surface area contributed by atoms with Gasteiger partial charge in [0.05, 0.1) is 31.6 Å². The van der Waals surface area contributed by atoms with Gasteiger partial charge in [-0.05, 0) is 44.5 Å². The van der Waals surface area contributed by atoms with E-state index in [2.05, 4.69) is 4.90 Å². The maximum absolute atomic E-state index is 5.93. The van der Waals surface area contributed by atoms with Crippen LogP contribution in [0.15, 0.2) is 22.6 Å². The number of methoxy groups -OCH3 is 3. The molecule has 0 aliphatic carbocycles. The van der Waals surface area contributed by atoms with Gasteiger partial charge in [-0.2, -0.15) is 0 Å². The third-order valence-corrected chi connectivity index (χ3v) is 4.70. The van der Waals surface area contributed by atoms with Crippen LogP contribution in [0.1, 0.15) is 24.3 Å². The molecule has 0 N–H and O–H groups in total. The van der Waals surface area contributed by atoms with Gasteiger partial charge in [0.1, 0.15) is 17.3 Å². The molecule has 1 aromatic carbocycles. The second kappa shape index (κ2) is 7.89. The lowest BCUT2D eigenvalue weighted by Gasteiger charge is -2.31. The maximum Gasteiger partial charge on any atom is 0.230 e. The minimum atomic E-state index is 0.305. The number of aromatic nitrogens is 1. The number of benzene rings is 1. The molecule has 1 atom stereocenters. The van der Waals surface area contributed by atoms with Crippen LogP contribution >= 0.6 is 0 Å². The lowest BCUT2D eigenvalue weighted by molar-refractivity contribution is 0.0280. The van der Waals surface area contributed by atoms with Crippen molar-refractivity contribution in [3.05, 3.63) is 29.7 Å². The predicted octanol–water partition coefficient (Wildman–Crippen LogP) is 3.28. The van der Waals surface area contributed by atoms with Crippen molar-refractivity contribution >= 4 is 0 Å². The van der Waals surface area contributed by atoms with Crippen LogP contribution in [0.25, 0.3) is 11.5 Å². The molecule has 1 fully saturated rings. The summed E-state index contributed by atoms with van der Waals surface area (Å²) < 4.78 is 22.2. The molecule has 1 saturated heterocycles. The van der Waals surface area contributed by atoms with Gasteiger partial charge in [0.2, 0.25) is 5.89 Å². The van der Waals surface area contributed by atoms with Crippen LogP contribution in [0, 0.1) is 6.92 Å². The van der Waals surface area contributed by atoms with E-state index in [1.54, 1.807) is 21.3 Å². The van der Waals surface area contributed by atoms with Gasteiger partial charge < -0.3 is 18.6 Å². The summed E-state index contributed by atoms with van der Waals surface area (Å²) in [5.74, 6) is 2.85. The minimum Gasteiger partial charge on any atom is -0.497 e. The number of oxazole rings is 1. The summed E-state index contributed by atoms with van der Waals surface area (Å²) in [6.45, 7) is 4.71. The summed E-state index contributed by atoms with van der Waals surface area (Å²) in [5.41, 5.74) is 1.75. The highest BCUT2D eigenvalue weighted by atomic mass is 16.5. The van der Waals surface area contributed by atoms with Crippen molar-refractivity contribution < 1.29 is 18.6 Å². The highest BCUT2D eigenvalue weighted by Crippen LogP contribution is 2.34. The zero-order valence-electron chi connectivity index (χ0n) is 15.4. The van der Waals surface area contributed by atoms with Gasteiger partial charge in [-0.25, -0.2) is 4.98 Å². The van der Waals surface area contributed by atoms with E-state index in [4.69, 9.17) is 23.6 Å². The second-order valence-electron chi connectivity index (χ2n) is 6.32. The molecule has 1 aliphatic heterocycles. The first-order valence-corrected chi connectivity index (χ1v) is 8.58. The van der Waals surface area contributed by atoms with Crippen LogP contribution in [0.3, 0.4) is 0 Å². The lowest BCUT2D eigenvalue weighted by atomic mass is 10.1. The number of nitrogens with zero attached hydrogens (tertiary/aromatic N) is 2. The summed E-state index contributed by atoms with van der Waals surface area (Å²) in [5, 5.41) is 0. The Bertz CT molecular complexity index is 713. The van der Waals surface area contributed by atoms with Gasteiger partial charge in [-0.15, -0.1) is 0 Å². The van der Waals surface area contributed by atoms with Crippen molar-refractivity contribution in [1.82, 2.24) is 9.88 Å². The molecular formula is C19H26N2O4. The van der Waals surface area contributed by atoms with Gasteiger partial charge in [-0.3, -0.25) is 4.90 Å². The van der Waals surface area contributed by atoms with E-state index in [9.17, 15) is 0 Å². The Labute approximate surface area is 148 Å². The molecule has 1 aromatic heterocycles. The first-order chi connectivity index (χ1) is 12.1. The predicted molar refractivity (Wildman–Crippen MR) is 95.1 cm³/mol. The topological polar surface area (TPSA) is 57.0 Å². The summed E-state index contributed by atoms with van der Waals surface area (Å²) in [4.78, 5) is 7.09. The Kier molecular flexibility index (Phi) is 5.60. The fourth-order valence-electron chi connectivity index (χ4n) is 3.23. The van der Waals surface area contributed by atoms with Crippen LogP contribution in [-0.4, -0.2) is 50.4 Å². The molecule has 0 amide bonds. The van der Waals surface area contributed by atoms with Gasteiger partial charge in [-0.1, -0.05) is 0 Å². The molecule has 6 heteroatoms. The Hall–Kier alpha value is -2.05. The quantitative estimate of drug-likeness (QED) is 0.800. The minimum absolute atomic E-state index is 0.305. The fourth-order valence-corrected chi connectivity index (χ4v) is 3.23. The van der Waals surface area contributed by atoms with E-state index < -0.39 is 0 Å². The van der Waals surface area contributed by atoms with Crippen molar-refractivity contribution in [2.75, 3.05) is 34.4 Å². The molecule has 25 heavy (non-hydrogen) atoms. The normalized spacial score (nSPS) is 18.3. The van der Waals surface area contributed by atoms with Crippen LogP contribution in [0.4, 0.5) is 0 Å². The van der Waals surface area contributed by atoms with Gasteiger partial charge in [0, 0.05) is 20.2 Å². The zero-order valence-corrected chi connectivity index (χ0v) is 15.4. The smallest absolute Gasteiger partial charge is 0.230 e. The number of aryl methyl sites for hydroxylation is 1. The number of hydrogen-bond donors (Lipinski definition) is 0. The van der Waals surface area contributed by atoms with Crippen molar-refractivity contribution in [2.45, 2.75) is 32.4 Å². The van der Waals surface area contributed by atoms with Crippen molar-refractivity contribution in [1.29, 1.82) is 0 Å². The van der Waals surface area contributed by atoms with Gasteiger partial charge >= 0.3 is 0 Å². The van der Waals surface area contributed by atoms with E-state index in [1.807, 2.05) is 25.1 Å². The van der Waals surface area contributed by atoms with Crippen LogP contribution in [-0.2, 0) is 11.3 Å². The maximum atomic E-state index is 5.93. The van der Waals surface area contributed by atoms with Crippen LogP contribution in [0.2, 0.25) is 0 Å². The third kappa shape index (κ3) is 3.96. The molecule has 0 spiro atoms. The third-order valence-electron chi connectivity index (χ3n) is 4.70. The molecule has 2 heterocycles. The monoisotopic (exact) mass is 346 g/mol. The molecule has 0 saturated carbocycles. The van der Waals surface area contributed by atoms with Gasteiger partial charge in [0.25, 0.3) is 0 Å². The number of hydrogen-bond acceptors (Lipinski definition) is 6. The van der Waals surface area contributed by atoms with E-state index in [-0.39, 0.29) is 0 Å². The standard InChI is InChI=1S/C19H26N2O4/c1-13-17(12-21-9-5-6-15(11-21)23-3)20-19(25-13)16-10-14(22-2)7-8-18(16)24-4/h7-8,10,15H,5-6,9,11-12H2,1-4H3. The molecule has 0 radical (unpaired) electrons. The molecule has 1 unspecified atom stereocenters. The molecular weight excluding hydrogens is 320 g/mol. The number of ether oxygens (including phenoxy) is 3. The Morgan fingerprint density at radius 3 is 2.80 bits per heavy atom. The number of piperidine rings is 1. The van der Waals surface area contributed by atoms with Gasteiger partial charge in [0.15, 0.2) is 0 Å². The van der Waals surface area contributed by atoms with Crippen LogP contribution in [0.5, 0.6) is 11.5 Å². The van der Waals surface area contributed by atoms with Crippen molar-refractivity contribution in [2.24, 2.45) is 0 Å². The zero-order chi connectivity index (χ0) is 17.8. The van der Waals surface area contributed by atoms with E-state index in [0.717, 1.165) is 55.2 Å². The Balaban J connectivity index is 1.83. The summed E-state index contributed by atoms with van der Waals surface area (Å²) in [6, 6.07) is 5.61. The summed E-state index contributed by atoms with van der Waals surface area (Å²) >= 11 is 0. The van der Waals surface area contributed by atoms with Crippen LogP contribution < -0.4 is 9.47 Å². The molecule has 136 valence electrons. The average Bonchev–Trinajstić information content (AvgIpc) is 3.01. The van der Waals surface area contributed by atoms with E-state index >= 15 is 0 Å². The highest BCUT2D eigenvalue weighted by molar-refractivity contribution is 5.65. The van der Waals surface area contributed by atoms with Crippen molar-refractivity contribution in [3.63, 3.8) is 0 Å². The molecule has 0 bridgehead atoms. The summed E-state index contributed by atoms with van der Waals surface area (Å²) in [6.07, 6.45) is 2.57. The lowest BCUT2D eigenvalue weighted by Crippen LogP contribution is -2.38. The fraction of sp³-hybridized carbons (Fsp3) is 0.526. The first-order valence-electron chi connectivity index (χ1n) is 8.58.